The third-order valence-electron chi connectivity index (χ3n) is 2.53. The molecule has 3 nitrogen and oxygen atoms in total. The molecule has 1 N–H and O–H groups in total. The van der Waals surface area contributed by atoms with Crippen molar-refractivity contribution >= 4 is 27.3 Å². The van der Waals surface area contributed by atoms with Crippen molar-refractivity contribution < 1.29 is 0 Å². The number of rotatable bonds is 1. The van der Waals surface area contributed by atoms with E-state index < -0.39 is 0 Å². The Bertz CT molecular complexity index is 490. The molecule has 0 fully saturated rings. The van der Waals surface area contributed by atoms with E-state index >= 15 is 0 Å². The highest BCUT2D eigenvalue weighted by Gasteiger charge is 2.25. The molecule has 1 aromatic rings. The highest BCUT2D eigenvalue weighted by molar-refractivity contribution is 9.09. The number of hydrazine groups is 1. The van der Waals surface area contributed by atoms with Crippen molar-refractivity contribution in [2.45, 2.75) is 5.08 Å². The molecule has 2 aliphatic rings. The zero-order valence-corrected chi connectivity index (χ0v) is 10.1. The summed E-state index contributed by atoms with van der Waals surface area (Å²) in [6, 6.07) is 10.3. The Hall–Kier alpha value is -1.39. The van der Waals surface area contributed by atoms with Crippen LogP contribution >= 0.6 is 15.9 Å². The normalized spacial score (nSPS) is 22.8. The number of fused-ring (bicyclic) bond motifs is 1. The van der Waals surface area contributed by atoms with Crippen LogP contribution in [0.5, 0.6) is 0 Å². The predicted molar refractivity (Wildman–Crippen MR) is 68.7 cm³/mol. The second kappa shape index (κ2) is 3.88. The molecule has 16 heavy (non-hydrogen) atoms. The molecule has 4 heteroatoms. The Kier molecular flexibility index (Phi) is 2.38. The van der Waals surface area contributed by atoms with Gasteiger partial charge in [-0.15, -0.1) is 0 Å². The lowest BCUT2D eigenvalue weighted by molar-refractivity contribution is 0.441. The topological polar surface area (TPSA) is 27.6 Å². The number of aliphatic imine (C=N–C) groups is 1. The van der Waals surface area contributed by atoms with Crippen LogP contribution in [0.3, 0.4) is 0 Å². The van der Waals surface area contributed by atoms with Gasteiger partial charge in [0.2, 0.25) is 0 Å². The van der Waals surface area contributed by atoms with Gasteiger partial charge in [0.05, 0.1) is 0 Å². The van der Waals surface area contributed by atoms with E-state index in [-0.39, 0.29) is 5.08 Å². The lowest BCUT2D eigenvalue weighted by Gasteiger charge is -2.20. The first-order valence-electron chi connectivity index (χ1n) is 5.06. The minimum absolute atomic E-state index is 0.0441. The highest BCUT2D eigenvalue weighted by atomic mass is 79.9. The minimum atomic E-state index is -0.0441. The summed E-state index contributed by atoms with van der Waals surface area (Å²) in [7, 11) is 0. The second-order valence-corrected chi connectivity index (χ2v) is 4.44. The van der Waals surface area contributed by atoms with Crippen LogP contribution in [-0.2, 0) is 0 Å². The van der Waals surface area contributed by atoms with Crippen molar-refractivity contribution in [3.05, 3.63) is 54.2 Å². The standard InChI is InChI=1S/C12H10BrN3/c13-12-14-11-10(7-4-8-16(11)15-12)9-5-2-1-3-6-9/h1-8,12,15H. The van der Waals surface area contributed by atoms with Gasteiger partial charge in [-0.3, -0.25) is 5.01 Å². The third kappa shape index (κ3) is 1.60. The number of hydrogen-bond donors (Lipinski definition) is 1. The van der Waals surface area contributed by atoms with E-state index in [4.69, 9.17) is 0 Å². The Morgan fingerprint density at radius 3 is 2.88 bits per heavy atom. The van der Waals surface area contributed by atoms with Crippen LogP contribution in [0.2, 0.25) is 0 Å². The molecule has 1 atom stereocenters. The van der Waals surface area contributed by atoms with Crippen molar-refractivity contribution in [2.24, 2.45) is 4.99 Å². The fourth-order valence-electron chi connectivity index (χ4n) is 1.83. The van der Waals surface area contributed by atoms with Crippen LogP contribution in [0.4, 0.5) is 0 Å². The summed E-state index contributed by atoms with van der Waals surface area (Å²) < 4.78 is 0. The number of halogens is 1. The molecule has 1 unspecified atom stereocenters. The fraction of sp³-hybridized carbons (Fsp3) is 0.0833. The number of nitrogens with one attached hydrogen (secondary N) is 1. The van der Waals surface area contributed by atoms with E-state index in [1.807, 2.05) is 35.5 Å². The molecule has 0 saturated heterocycles. The quantitative estimate of drug-likeness (QED) is 0.630. The zero-order valence-electron chi connectivity index (χ0n) is 8.47. The van der Waals surface area contributed by atoms with Gasteiger partial charge in [0.1, 0.15) is 0 Å². The largest absolute Gasteiger partial charge is 0.264 e. The van der Waals surface area contributed by atoms with Gasteiger partial charge in [0, 0.05) is 11.8 Å². The second-order valence-electron chi connectivity index (χ2n) is 3.58. The average molecular weight is 276 g/mol. The summed E-state index contributed by atoms with van der Waals surface area (Å²) in [5.41, 5.74) is 5.49. The van der Waals surface area contributed by atoms with E-state index in [0.717, 1.165) is 11.4 Å². The van der Waals surface area contributed by atoms with Crippen LogP contribution in [-0.4, -0.2) is 15.9 Å². The molecule has 0 radical (unpaired) electrons. The summed E-state index contributed by atoms with van der Waals surface area (Å²) in [5.74, 6) is 0.954. The van der Waals surface area contributed by atoms with Crippen molar-refractivity contribution in [3.8, 4) is 0 Å². The van der Waals surface area contributed by atoms with Crippen LogP contribution in [0.25, 0.3) is 5.57 Å². The number of amidine groups is 1. The minimum Gasteiger partial charge on any atom is -0.264 e. The van der Waals surface area contributed by atoms with Crippen LogP contribution in [0.15, 0.2) is 53.7 Å². The molecular weight excluding hydrogens is 266 g/mol. The van der Waals surface area contributed by atoms with Crippen LogP contribution < -0.4 is 5.43 Å². The monoisotopic (exact) mass is 275 g/mol. The molecule has 0 amide bonds. The lowest BCUT2D eigenvalue weighted by atomic mass is 10.0. The van der Waals surface area contributed by atoms with Crippen LogP contribution in [0.1, 0.15) is 5.56 Å². The fourth-order valence-corrected chi connectivity index (χ4v) is 2.24. The summed E-state index contributed by atoms with van der Waals surface area (Å²) in [6.07, 6.45) is 6.06. The molecule has 0 aromatic heterocycles. The average Bonchev–Trinajstić information content (AvgIpc) is 2.70. The van der Waals surface area contributed by atoms with E-state index in [1.165, 1.54) is 5.56 Å². The molecular formula is C12H10BrN3. The smallest absolute Gasteiger partial charge is 0.174 e. The van der Waals surface area contributed by atoms with Gasteiger partial charge in [-0.25, -0.2) is 4.99 Å². The number of allylic oxidation sites excluding steroid dienone is 2. The first-order chi connectivity index (χ1) is 7.84. The zero-order chi connectivity index (χ0) is 11.0. The molecule has 3 rings (SSSR count). The van der Waals surface area contributed by atoms with Gasteiger partial charge in [-0.05, 0) is 33.6 Å². The van der Waals surface area contributed by atoms with Crippen molar-refractivity contribution in [3.63, 3.8) is 0 Å². The van der Waals surface area contributed by atoms with Crippen molar-refractivity contribution in [1.29, 1.82) is 0 Å². The van der Waals surface area contributed by atoms with E-state index in [0.29, 0.717) is 0 Å². The van der Waals surface area contributed by atoms with Crippen LogP contribution in [0, 0.1) is 0 Å². The molecule has 80 valence electrons. The summed E-state index contributed by atoms with van der Waals surface area (Å²) in [6.45, 7) is 0. The maximum Gasteiger partial charge on any atom is 0.174 e. The SMILES string of the molecule is BrC1N=C2C(c3ccccc3)=CC=CN2N1. The first-order valence-corrected chi connectivity index (χ1v) is 5.98. The Morgan fingerprint density at radius 2 is 2.06 bits per heavy atom. The molecule has 0 spiro atoms. The van der Waals surface area contributed by atoms with Crippen molar-refractivity contribution in [1.82, 2.24) is 10.4 Å². The Balaban J connectivity index is 2.05. The van der Waals surface area contributed by atoms with Gasteiger partial charge < -0.3 is 0 Å². The Morgan fingerprint density at radius 1 is 1.25 bits per heavy atom. The molecule has 0 bridgehead atoms. The summed E-state index contributed by atoms with van der Waals surface area (Å²) in [4.78, 5) is 4.50. The van der Waals surface area contributed by atoms with E-state index in [1.54, 1.807) is 0 Å². The maximum absolute atomic E-state index is 4.50. The van der Waals surface area contributed by atoms with E-state index in [2.05, 4.69) is 44.6 Å². The predicted octanol–water partition coefficient (Wildman–Crippen LogP) is 2.49. The molecule has 1 aromatic carbocycles. The highest BCUT2D eigenvalue weighted by Crippen LogP contribution is 2.25. The van der Waals surface area contributed by atoms with Crippen molar-refractivity contribution in [2.75, 3.05) is 0 Å². The third-order valence-corrected chi connectivity index (χ3v) is 2.94. The van der Waals surface area contributed by atoms with Gasteiger partial charge >= 0.3 is 0 Å². The van der Waals surface area contributed by atoms with Gasteiger partial charge in [0.15, 0.2) is 10.9 Å². The maximum atomic E-state index is 4.50. The molecule has 0 saturated carbocycles. The number of nitrogens with zero attached hydrogens (tertiary/aromatic N) is 2. The van der Waals surface area contributed by atoms with Gasteiger partial charge in [0.25, 0.3) is 0 Å². The Labute approximate surface area is 102 Å². The molecule has 0 aliphatic carbocycles. The summed E-state index contributed by atoms with van der Waals surface area (Å²) in [5, 5.41) is 1.89. The molecule has 2 aliphatic heterocycles. The van der Waals surface area contributed by atoms with Gasteiger partial charge in [-0.1, -0.05) is 30.3 Å². The number of benzene rings is 1. The summed E-state index contributed by atoms with van der Waals surface area (Å²) >= 11 is 3.43. The number of hydrogen-bond acceptors (Lipinski definition) is 3. The van der Waals surface area contributed by atoms with E-state index in [9.17, 15) is 0 Å². The lowest BCUT2D eigenvalue weighted by Crippen LogP contribution is -2.35. The van der Waals surface area contributed by atoms with Gasteiger partial charge in [-0.2, -0.15) is 5.43 Å². The number of alkyl halides is 1. The molecule has 2 heterocycles. The first kappa shape index (κ1) is 9.81.